The van der Waals surface area contributed by atoms with Crippen molar-refractivity contribution in [2.24, 2.45) is 0 Å². The van der Waals surface area contributed by atoms with Crippen LogP contribution in [0.4, 0.5) is 0 Å². The molecule has 0 saturated carbocycles. The number of fused-ring (bicyclic) bond motifs is 1. The quantitative estimate of drug-likeness (QED) is 0.850. The van der Waals surface area contributed by atoms with Crippen molar-refractivity contribution in [3.63, 3.8) is 0 Å². The molecule has 0 aliphatic rings. The largest absolute Gasteiger partial charge is 0.492 e. The zero-order valence-electron chi connectivity index (χ0n) is 11.6. The van der Waals surface area contributed by atoms with Gasteiger partial charge in [0.2, 0.25) is 5.91 Å². The van der Waals surface area contributed by atoms with Gasteiger partial charge in [-0.3, -0.25) is 9.59 Å². The van der Waals surface area contributed by atoms with Crippen LogP contribution in [-0.4, -0.2) is 25.3 Å². The number of ketones is 1. The van der Waals surface area contributed by atoms with Gasteiger partial charge in [-0.1, -0.05) is 30.3 Å². The van der Waals surface area contributed by atoms with Crippen LogP contribution in [0, 0.1) is 0 Å². The van der Waals surface area contributed by atoms with Gasteiger partial charge in [0.25, 0.3) is 0 Å². The summed E-state index contributed by atoms with van der Waals surface area (Å²) in [6.07, 6.45) is 0.261. The molecule has 0 saturated heterocycles. The van der Waals surface area contributed by atoms with Crippen molar-refractivity contribution in [2.45, 2.75) is 13.3 Å². The minimum Gasteiger partial charge on any atom is -0.492 e. The van der Waals surface area contributed by atoms with Crippen molar-refractivity contribution in [2.75, 3.05) is 13.7 Å². The Morgan fingerprint density at radius 1 is 1.15 bits per heavy atom. The molecule has 0 spiro atoms. The second-order valence-electron chi connectivity index (χ2n) is 4.49. The fourth-order valence-corrected chi connectivity index (χ4v) is 2.05. The molecule has 1 N–H and O–H groups in total. The zero-order chi connectivity index (χ0) is 14.5. The second kappa shape index (κ2) is 6.19. The molecule has 2 rings (SSSR count). The van der Waals surface area contributed by atoms with E-state index in [9.17, 15) is 9.59 Å². The number of nitrogens with one attached hydrogen (secondary N) is 1. The van der Waals surface area contributed by atoms with Gasteiger partial charge in [0.1, 0.15) is 5.75 Å². The maximum atomic E-state index is 11.7. The van der Waals surface area contributed by atoms with Gasteiger partial charge < -0.3 is 10.1 Å². The lowest BCUT2D eigenvalue weighted by Gasteiger charge is -2.12. The first-order valence-electron chi connectivity index (χ1n) is 6.49. The van der Waals surface area contributed by atoms with Crippen LogP contribution < -0.4 is 10.1 Å². The molecule has 4 nitrogen and oxygen atoms in total. The Bertz CT molecular complexity index is 649. The number of Topliss-reactive ketones (excluding diaryl/α,β-unsaturated/α-hetero) is 1. The van der Waals surface area contributed by atoms with Crippen molar-refractivity contribution < 1.29 is 14.3 Å². The number of carbonyl (C=O) groups excluding carboxylic acids is 2. The molecule has 0 atom stereocenters. The molecular weight excluding hydrogens is 254 g/mol. The van der Waals surface area contributed by atoms with Gasteiger partial charge in [-0.05, 0) is 18.4 Å². The van der Waals surface area contributed by atoms with Gasteiger partial charge in [0, 0.05) is 12.4 Å². The van der Waals surface area contributed by atoms with Crippen LogP contribution in [0.25, 0.3) is 10.8 Å². The summed E-state index contributed by atoms with van der Waals surface area (Å²) in [6, 6.07) is 11.4. The summed E-state index contributed by atoms with van der Waals surface area (Å²) in [7, 11) is 1.58. The summed E-state index contributed by atoms with van der Waals surface area (Å²) in [4.78, 5) is 22.9. The molecule has 2 aromatic rings. The molecule has 104 valence electrons. The summed E-state index contributed by atoms with van der Waals surface area (Å²) < 4.78 is 5.70. The average Bonchev–Trinajstić information content (AvgIpc) is 2.46. The maximum Gasteiger partial charge on any atom is 0.223 e. The van der Waals surface area contributed by atoms with Crippen molar-refractivity contribution in [3.8, 4) is 5.75 Å². The topological polar surface area (TPSA) is 55.4 Å². The Hall–Kier alpha value is -2.36. The predicted molar refractivity (Wildman–Crippen MR) is 78.1 cm³/mol. The van der Waals surface area contributed by atoms with Gasteiger partial charge in [-0.2, -0.15) is 0 Å². The number of hydrogen-bond acceptors (Lipinski definition) is 3. The fourth-order valence-electron chi connectivity index (χ4n) is 2.05. The Kier molecular flexibility index (Phi) is 4.35. The van der Waals surface area contributed by atoms with E-state index >= 15 is 0 Å². The number of ether oxygens (including phenoxy) is 1. The zero-order valence-corrected chi connectivity index (χ0v) is 11.6. The summed E-state index contributed by atoms with van der Waals surface area (Å²) in [5.41, 5.74) is 0.542. The second-order valence-corrected chi connectivity index (χ2v) is 4.49. The van der Waals surface area contributed by atoms with Crippen LogP contribution in [0.2, 0.25) is 0 Å². The van der Waals surface area contributed by atoms with E-state index in [-0.39, 0.29) is 24.7 Å². The van der Waals surface area contributed by atoms with Crippen LogP contribution in [0.3, 0.4) is 0 Å². The molecule has 0 bridgehead atoms. The number of rotatable bonds is 5. The molecular formula is C16H17NO3. The summed E-state index contributed by atoms with van der Waals surface area (Å²) in [6.45, 7) is 1.75. The predicted octanol–water partition coefficient (Wildman–Crippen LogP) is 2.56. The highest BCUT2D eigenvalue weighted by atomic mass is 16.5. The number of benzene rings is 2. The van der Waals surface area contributed by atoms with E-state index in [0.29, 0.717) is 11.3 Å². The van der Waals surface area contributed by atoms with E-state index in [2.05, 4.69) is 5.32 Å². The van der Waals surface area contributed by atoms with Crippen LogP contribution >= 0.6 is 0 Å². The van der Waals surface area contributed by atoms with Gasteiger partial charge in [-0.25, -0.2) is 0 Å². The maximum absolute atomic E-state index is 11.7. The van der Waals surface area contributed by atoms with Crippen LogP contribution in [0.5, 0.6) is 5.75 Å². The molecule has 0 unspecified atom stereocenters. The standard InChI is InChI=1S/C16H17NO3/c1-11(18)13-8-7-12-5-3-4-6-14(12)16(13)20-10-9-15(19)17-2/h3-8H,9-10H2,1-2H3,(H,17,19). The van der Waals surface area contributed by atoms with E-state index in [1.54, 1.807) is 13.1 Å². The monoisotopic (exact) mass is 271 g/mol. The highest BCUT2D eigenvalue weighted by Crippen LogP contribution is 2.30. The van der Waals surface area contributed by atoms with E-state index in [0.717, 1.165) is 10.8 Å². The third-order valence-electron chi connectivity index (χ3n) is 3.11. The minimum absolute atomic E-state index is 0.0503. The lowest BCUT2D eigenvalue weighted by atomic mass is 10.0. The molecule has 1 amide bonds. The van der Waals surface area contributed by atoms with Crippen molar-refractivity contribution >= 4 is 22.5 Å². The molecule has 20 heavy (non-hydrogen) atoms. The summed E-state index contributed by atoms with van der Waals surface area (Å²) in [5, 5.41) is 4.43. The van der Waals surface area contributed by atoms with Crippen LogP contribution in [-0.2, 0) is 4.79 Å². The SMILES string of the molecule is CNC(=O)CCOc1c(C(C)=O)ccc2ccccc12. The lowest BCUT2D eigenvalue weighted by molar-refractivity contribution is -0.121. The molecule has 2 aromatic carbocycles. The van der Waals surface area contributed by atoms with Crippen molar-refractivity contribution in [3.05, 3.63) is 42.0 Å². The Morgan fingerprint density at radius 2 is 1.90 bits per heavy atom. The average molecular weight is 271 g/mol. The summed E-state index contributed by atoms with van der Waals surface area (Å²) >= 11 is 0. The van der Waals surface area contributed by atoms with Gasteiger partial charge in [0.15, 0.2) is 5.78 Å². The van der Waals surface area contributed by atoms with Gasteiger partial charge in [0.05, 0.1) is 18.6 Å². The summed E-state index contributed by atoms with van der Waals surface area (Å²) in [5.74, 6) is 0.416. The van der Waals surface area contributed by atoms with Crippen molar-refractivity contribution in [1.82, 2.24) is 5.32 Å². The van der Waals surface area contributed by atoms with Crippen LogP contribution in [0.15, 0.2) is 36.4 Å². The molecule has 0 aromatic heterocycles. The molecule has 0 heterocycles. The smallest absolute Gasteiger partial charge is 0.223 e. The molecule has 4 heteroatoms. The Labute approximate surface area is 117 Å². The first-order chi connectivity index (χ1) is 9.63. The molecule has 0 fully saturated rings. The number of carbonyl (C=O) groups is 2. The number of amides is 1. The minimum atomic E-state index is -0.0883. The highest BCUT2D eigenvalue weighted by molar-refractivity contribution is 6.03. The third-order valence-corrected chi connectivity index (χ3v) is 3.11. The van der Waals surface area contributed by atoms with E-state index in [1.807, 2.05) is 30.3 Å². The normalized spacial score (nSPS) is 10.3. The molecule has 0 aliphatic heterocycles. The Morgan fingerprint density at radius 3 is 2.60 bits per heavy atom. The fraction of sp³-hybridized carbons (Fsp3) is 0.250. The lowest BCUT2D eigenvalue weighted by Crippen LogP contribution is -2.20. The Balaban J connectivity index is 2.34. The first-order valence-corrected chi connectivity index (χ1v) is 6.49. The van der Waals surface area contributed by atoms with E-state index < -0.39 is 0 Å². The van der Waals surface area contributed by atoms with Crippen molar-refractivity contribution in [1.29, 1.82) is 0 Å². The van der Waals surface area contributed by atoms with E-state index in [4.69, 9.17) is 4.74 Å². The van der Waals surface area contributed by atoms with E-state index in [1.165, 1.54) is 6.92 Å². The van der Waals surface area contributed by atoms with Gasteiger partial charge >= 0.3 is 0 Å². The van der Waals surface area contributed by atoms with Gasteiger partial charge in [-0.15, -0.1) is 0 Å². The highest BCUT2D eigenvalue weighted by Gasteiger charge is 2.12. The molecule has 0 radical (unpaired) electrons. The molecule has 0 aliphatic carbocycles. The third kappa shape index (κ3) is 2.96. The van der Waals surface area contributed by atoms with Crippen LogP contribution in [0.1, 0.15) is 23.7 Å². The first kappa shape index (κ1) is 14.1. The number of hydrogen-bond donors (Lipinski definition) is 1.